The Bertz CT molecular complexity index is 560. The minimum absolute atomic E-state index is 0.146. The molecule has 6 nitrogen and oxygen atoms in total. The Balaban J connectivity index is 1.98. The molecule has 0 aliphatic carbocycles. The van der Waals surface area contributed by atoms with Gasteiger partial charge in [-0.15, -0.1) is 13.2 Å². The van der Waals surface area contributed by atoms with E-state index in [0.717, 1.165) is 12.1 Å². The number of cyclic esters (lactones) is 2. The van der Waals surface area contributed by atoms with Gasteiger partial charge in [0, 0.05) is 5.69 Å². The molecule has 2 rings (SSSR count). The molecule has 1 aliphatic rings. The molecule has 1 saturated heterocycles. The van der Waals surface area contributed by atoms with E-state index < -0.39 is 29.6 Å². The molecular formula is C13H12F3NO5. The first-order valence-corrected chi connectivity index (χ1v) is 6.15. The summed E-state index contributed by atoms with van der Waals surface area (Å²) in [4.78, 5) is 22.9. The van der Waals surface area contributed by atoms with Gasteiger partial charge >= 0.3 is 12.5 Å². The Morgan fingerprint density at radius 3 is 2.27 bits per heavy atom. The van der Waals surface area contributed by atoms with Gasteiger partial charge in [0.2, 0.25) is 5.91 Å². The van der Waals surface area contributed by atoms with Crippen molar-refractivity contribution in [3.05, 3.63) is 24.3 Å². The second kappa shape index (κ2) is 5.74. The van der Waals surface area contributed by atoms with Gasteiger partial charge in [-0.05, 0) is 31.2 Å². The quantitative estimate of drug-likeness (QED) is 0.867. The highest BCUT2D eigenvalue weighted by Crippen LogP contribution is 2.27. The van der Waals surface area contributed by atoms with Crippen LogP contribution >= 0.6 is 0 Å². The summed E-state index contributed by atoms with van der Waals surface area (Å²) in [5.41, 5.74) is -0.799. The van der Waals surface area contributed by atoms with Gasteiger partial charge in [0.1, 0.15) is 24.4 Å². The zero-order valence-electron chi connectivity index (χ0n) is 11.4. The Labute approximate surface area is 123 Å². The summed E-state index contributed by atoms with van der Waals surface area (Å²) < 4.78 is 49.1. The number of anilines is 1. The monoisotopic (exact) mass is 319 g/mol. The van der Waals surface area contributed by atoms with Crippen LogP contribution in [0.2, 0.25) is 0 Å². The molecule has 1 heterocycles. The first-order chi connectivity index (χ1) is 10.2. The van der Waals surface area contributed by atoms with Gasteiger partial charge in [-0.1, -0.05) is 0 Å². The SMILES string of the molecule is CC1(C(=O)Nc2ccc(OC(F)(F)F)cc2)COC(=O)OC1. The van der Waals surface area contributed by atoms with Crippen LogP contribution in [0.3, 0.4) is 0 Å². The van der Waals surface area contributed by atoms with Gasteiger partial charge in [0.15, 0.2) is 0 Å². The molecule has 0 radical (unpaired) electrons. The summed E-state index contributed by atoms with van der Waals surface area (Å²) in [7, 11) is 0. The Kier molecular flexibility index (Phi) is 4.16. The lowest BCUT2D eigenvalue weighted by molar-refractivity contribution is -0.274. The van der Waals surface area contributed by atoms with Crippen molar-refractivity contribution in [1.82, 2.24) is 0 Å². The number of ether oxygens (including phenoxy) is 3. The minimum Gasteiger partial charge on any atom is -0.433 e. The molecule has 0 aromatic heterocycles. The summed E-state index contributed by atoms with van der Waals surface area (Å²) in [6.07, 6.45) is -5.62. The van der Waals surface area contributed by atoms with Crippen LogP contribution in [-0.4, -0.2) is 31.6 Å². The van der Waals surface area contributed by atoms with E-state index in [-0.39, 0.29) is 18.9 Å². The van der Waals surface area contributed by atoms with Crippen molar-refractivity contribution in [2.45, 2.75) is 13.3 Å². The Morgan fingerprint density at radius 1 is 1.23 bits per heavy atom. The molecule has 1 fully saturated rings. The number of halogens is 3. The van der Waals surface area contributed by atoms with Crippen molar-refractivity contribution in [3.63, 3.8) is 0 Å². The molecule has 1 N–H and O–H groups in total. The molecule has 1 aliphatic heterocycles. The van der Waals surface area contributed by atoms with E-state index in [4.69, 9.17) is 0 Å². The van der Waals surface area contributed by atoms with Crippen molar-refractivity contribution in [2.75, 3.05) is 18.5 Å². The maximum atomic E-state index is 12.1. The van der Waals surface area contributed by atoms with E-state index in [9.17, 15) is 22.8 Å². The van der Waals surface area contributed by atoms with Gasteiger partial charge in [-0.2, -0.15) is 0 Å². The molecule has 1 amide bonds. The third kappa shape index (κ3) is 4.03. The molecule has 0 unspecified atom stereocenters. The molecule has 120 valence electrons. The second-order valence-electron chi connectivity index (χ2n) is 4.91. The number of amides is 1. The van der Waals surface area contributed by atoms with Gasteiger partial charge in [0.25, 0.3) is 0 Å². The minimum atomic E-state index is -4.78. The summed E-state index contributed by atoms with van der Waals surface area (Å²) in [6.45, 7) is 1.25. The van der Waals surface area contributed by atoms with E-state index in [1.54, 1.807) is 0 Å². The number of carbonyl (C=O) groups is 2. The molecule has 1 aromatic carbocycles. The van der Waals surface area contributed by atoms with Crippen LogP contribution in [-0.2, 0) is 14.3 Å². The average Bonchev–Trinajstić information content (AvgIpc) is 2.43. The summed E-state index contributed by atoms with van der Waals surface area (Å²) in [5, 5.41) is 2.51. The molecule has 0 spiro atoms. The third-order valence-electron chi connectivity index (χ3n) is 2.91. The smallest absolute Gasteiger partial charge is 0.433 e. The zero-order valence-corrected chi connectivity index (χ0v) is 11.4. The van der Waals surface area contributed by atoms with Crippen molar-refractivity contribution in [3.8, 4) is 5.75 Å². The highest BCUT2D eigenvalue weighted by atomic mass is 19.4. The Morgan fingerprint density at radius 2 is 1.77 bits per heavy atom. The second-order valence-corrected chi connectivity index (χ2v) is 4.91. The van der Waals surface area contributed by atoms with Crippen molar-refractivity contribution < 1.29 is 37.0 Å². The van der Waals surface area contributed by atoms with Crippen LogP contribution in [0, 0.1) is 5.41 Å². The summed E-state index contributed by atoms with van der Waals surface area (Å²) in [5.74, 6) is -0.879. The van der Waals surface area contributed by atoms with E-state index in [2.05, 4.69) is 19.5 Å². The fourth-order valence-electron chi connectivity index (χ4n) is 1.67. The average molecular weight is 319 g/mol. The standard InChI is InChI=1S/C13H12F3NO5/c1-12(6-20-11(19)21-7-12)10(18)17-8-2-4-9(5-3-8)22-13(14,15)16/h2-5H,6-7H2,1H3,(H,17,18). The van der Waals surface area contributed by atoms with Crippen LogP contribution in [0.25, 0.3) is 0 Å². The lowest BCUT2D eigenvalue weighted by Gasteiger charge is -2.30. The van der Waals surface area contributed by atoms with Gasteiger partial charge in [0.05, 0.1) is 0 Å². The van der Waals surface area contributed by atoms with Gasteiger partial charge in [-0.3, -0.25) is 4.79 Å². The number of nitrogens with one attached hydrogen (secondary N) is 1. The normalized spacial score (nSPS) is 17.2. The summed E-state index contributed by atoms with van der Waals surface area (Å²) >= 11 is 0. The van der Waals surface area contributed by atoms with Crippen LogP contribution in [0.4, 0.5) is 23.7 Å². The van der Waals surface area contributed by atoms with E-state index in [1.807, 2.05) is 0 Å². The lowest BCUT2D eigenvalue weighted by atomic mass is 9.91. The Hall–Kier alpha value is -2.45. The van der Waals surface area contributed by atoms with Crippen LogP contribution in [0.15, 0.2) is 24.3 Å². The number of carbonyl (C=O) groups excluding carboxylic acids is 2. The largest absolute Gasteiger partial charge is 0.573 e. The molecule has 0 bridgehead atoms. The van der Waals surface area contributed by atoms with Crippen LogP contribution < -0.4 is 10.1 Å². The topological polar surface area (TPSA) is 73.9 Å². The number of alkyl halides is 3. The van der Waals surface area contributed by atoms with Crippen molar-refractivity contribution in [2.24, 2.45) is 5.41 Å². The van der Waals surface area contributed by atoms with E-state index in [1.165, 1.54) is 19.1 Å². The number of hydrogen-bond donors (Lipinski definition) is 1. The maximum Gasteiger partial charge on any atom is 0.573 e. The zero-order chi connectivity index (χ0) is 16.4. The summed E-state index contributed by atoms with van der Waals surface area (Å²) in [6, 6.07) is 4.67. The van der Waals surface area contributed by atoms with Crippen molar-refractivity contribution >= 4 is 17.7 Å². The highest BCUT2D eigenvalue weighted by Gasteiger charge is 2.40. The van der Waals surface area contributed by atoms with E-state index >= 15 is 0 Å². The fraction of sp³-hybridized carbons (Fsp3) is 0.385. The number of hydrogen-bond acceptors (Lipinski definition) is 5. The van der Waals surface area contributed by atoms with Gasteiger partial charge in [-0.25, -0.2) is 4.79 Å². The van der Waals surface area contributed by atoms with E-state index in [0.29, 0.717) is 0 Å². The third-order valence-corrected chi connectivity index (χ3v) is 2.91. The van der Waals surface area contributed by atoms with Gasteiger partial charge < -0.3 is 19.5 Å². The number of rotatable bonds is 3. The maximum absolute atomic E-state index is 12.1. The molecule has 22 heavy (non-hydrogen) atoms. The fourth-order valence-corrected chi connectivity index (χ4v) is 1.67. The molecule has 0 saturated carbocycles. The van der Waals surface area contributed by atoms with Crippen molar-refractivity contribution in [1.29, 1.82) is 0 Å². The predicted molar refractivity (Wildman–Crippen MR) is 67.2 cm³/mol. The first kappa shape index (κ1) is 15.9. The molecule has 9 heteroatoms. The van der Waals surface area contributed by atoms with Crippen LogP contribution in [0.5, 0.6) is 5.75 Å². The highest BCUT2D eigenvalue weighted by molar-refractivity contribution is 5.95. The molecule has 1 aromatic rings. The lowest BCUT2D eigenvalue weighted by Crippen LogP contribution is -2.46. The number of benzene rings is 1. The van der Waals surface area contributed by atoms with Crippen LogP contribution in [0.1, 0.15) is 6.92 Å². The molecular weight excluding hydrogens is 307 g/mol. The molecule has 0 atom stereocenters. The predicted octanol–water partition coefficient (Wildman–Crippen LogP) is 2.70. The first-order valence-electron chi connectivity index (χ1n) is 6.15.